The molecule has 6 nitrogen and oxygen atoms in total. The number of benzene rings is 1. The molecule has 1 heterocycles. The number of aryl methyl sites for hydroxylation is 1. The summed E-state index contributed by atoms with van der Waals surface area (Å²) < 4.78 is 30.6. The Balaban J connectivity index is 2.39. The van der Waals surface area contributed by atoms with Crippen molar-refractivity contribution in [2.45, 2.75) is 21.9 Å². The number of sulfonamides is 1. The molecule has 0 amide bonds. The molecule has 0 aliphatic carbocycles. The van der Waals surface area contributed by atoms with Gasteiger partial charge in [0, 0.05) is 24.7 Å². The normalized spacial score (nSPS) is 12.0. The minimum absolute atomic E-state index is 0.183. The van der Waals surface area contributed by atoms with Crippen LogP contribution >= 0.6 is 11.8 Å². The third kappa shape index (κ3) is 2.97. The Morgan fingerprint density at radius 1 is 1.35 bits per heavy atom. The predicted molar refractivity (Wildman–Crippen MR) is 77.1 cm³/mol. The molecule has 0 spiro atoms. The Morgan fingerprint density at radius 2 is 2.05 bits per heavy atom. The van der Waals surface area contributed by atoms with Crippen molar-refractivity contribution in [1.29, 1.82) is 0 Å². The van der Waals surface area contributed by atoms with Gasteiger partial charge in [-0.3, -0.25) is 0 Å². The summed E-state index contributed by atoms with van der Waals surface area (Å²) in [5.74, 6) is 0. The van der Waals surface area contributed by atoms with Crippen molar-refractivity contribution < 1.29 is 12.8 Å². The van der Waals surface area contributed by atoms with Crippen molar-refractivity contribution in [2.75, 3.05) is 19.8 Å². The smallest absolute Gasteiger partial charge is 0.260 e. The van der Waals surface area contributed by atoms with Gasteiger partial charge in [0.1, 0.15) is 6.26 Å². The lowest BCUT2D eigenvalue weighted by Gasteiger charge is -2.12. The van der Waals surface area contributed by atoms with Crippen LogP contribution in [0.15, 0.2) is 43.9 Å². The topological polar surface area (TPSA) is 89.4 Å². The van der Waals surface area contributed by atoms with E-state index < -0.39 is 10.0 Å². The highest BCUT2D eigenvalue weighted by Gasteiger charge is 2.19. The van der Waals surface area contributed by atoms with Gasteiger partial charge in [-0.1, -0.05) is 0 Å². The van der Waals surface area contributed by atoms with Crippen LogP contribution in [0.3, 0.4) is 0 Å². The molecule has 0 aliphatic heterocycles. The molecule has 0 saturated carbocycles. The zero-order valence-corrected chi connectivity index (χ0v) is 13.0. The molecule has 0 aliphatic rings. The monoisotopic (exact) mass is 313 g/mol. The maximum Gasteiger partial charge on any atom is 0.260 e. The first-order chi connectivity index (χ1) is 9.30. The number of hydrogen-bond acceptors (Lipinski definition) is 6. The number of nitrogen functional groups attached to an aromatic ring is 1. The summed E-state index contributed by atoms with van der Waals surface area (Å²) in [4.78, 5) is 4.93. The van der Waals surface area contributed by atoms with Crippen molar-refractivity contribution in [3.8, 4) is 0 Å². The summed E-state index contributed by atoms with van der Waals surface area (Å²) in [6.07, 6.45) is 1.53. The molecule has 2 aromatic rings. The van der Waals surface area contributed by atoms with E-state index in [1.54, 1.807) is 6.07 Å². The van der Waals surface area contributed by atoms with Gasteiger partial charge >= 0.3 is 0 Å². The molecular weight excluding hydrogens is 298 g/mol. The van der Waals surface area contributed by atoms with Gasteiger partial charge in [0.05, 0.1) is 10.6 Å². The first kappa shape index (κ1) is 14.9. The molecule has 1 aromatic heterocycles. The summed E-state index contributed by atoms with van der Waals surface area (Å²) in [6, 6.07) is 4.57. The lowest BCUT2D eigenvalue weighted by atomic mass is 10.3. The number of hydrogen-bond donors (Lipinski definition) is 1. The minimum atomic E-state index is -3.49. The van der Waals surface area contributed by atoms with Crippen molar-refractivity contribution in [3.63, 3.8) is 0 Å². The number of aromatic nitrogens is 1. The van der Waals surface area contributed by atoms with Crippen LogP contribution in [-0.2, 0) is 10.0 Å². The standard InChI is InChI=1S/C12H15N3O3S2/c1-8-7-18-12(14-8)19-11-6-9(4-5-10(11)13)20(16,17)15(2)3/h4-7H,13H2,1-3H3. The molecule has 0 fully saturated rings. The highest BCUT2D eigenvalue weighted by molar-refractivity contribution is 7.99. The van der Waals surface area contributed by atoms with Gasteiger partial charge in [0.25, 0.3) is 5.22 Å². The minimum Gasteiger partial charge on any atom is -0.439 e. The van der Waals surface area contributed by atoms with Gasteiger partial charge in [-0.2, -0.15) is 0 Å². The Hall–Kier alpha value is -1.51. The fourth-order valence-electron chi connectivity index (χ4n) is 1.45. The van der Waals surface area contributed by atoms with Crippen molar-refractivity contribution in [2.24, 2.45) is 0 Å². The summed E-state index contributed by atoms with van der Waals surface area (Å²) in [5.41, 5.74) is 7.09. The van der Waals surface area contributed by atoms with E-state index in [1.807, 2.05) is 6.92 Å². The average molecular weight is 313 g/mol. The van der Waals surface area contributed by atoms with Crippen LogP contribution < -0.4 is 5.73 Å². The maximum absolute atomic E-state index is 12.1. The molecule has 0 saturated heterocycles. The summed E-state index contributed by atoms with van der Waals surface area (Å²) in [5, 5.41) is 0.425. The fraction of sp³-hybridized carbons (Fsp3) is 0.250. The Bertz CT molecular complexity index is 723. The van der Waals surface area contributed by atoms with E-state index in [0.29, 0.717) is 15.8 Å². The third-order valence-electron chi connectivity index (χ3n) is 2.56. The number of rotatable bonds is 4. The van der Waals surface area contributed by atoms with Crippen LogP contribution in [0.5, 0.6) is 0 Å². The van der Waals surface area contributed by atoms with E-state index >= 15 is 0 Å². The largest absolute Gasteiger partial charge is 0.439 e. The maximum atomic E-state index is 12.1. The molecule has 8 heteroatoms. The second-order valence-electron chi connectivity index (χ2n) is 4.34. The Morgan fingerprint density at radius 3 is 2.60 bits per heavy atom. The second-order valence-corrected chi connectivity index (χ2v) is 7.49. The molecule has 2 N–H and O–H groups in total. The van der Waals surface area contributed by atoms with Crippen molar-refractivity contribution in [3.05, 3.63) is 30.2 Å². The summed E-state index contributed by atoms with van der Waals surface area (Å²) in [7, 11) is -0.526. The molecule has 108 valence electrons. The Kier molecular flexibility index (Phi) is 4.07. The molecule has 0 atom stereocenters. The number of anilines is 1. The van der Waals surface area contributed by atoms with Gasteiger partial charge in [-0.25, -0.2) is 17.7 Å². The molecule has 20 heavy (non-hydrogen) atoms. The van der Waals surface area contributed by atoms with Gasteiger partial charge < -0.3 is 10.2 Å². The van der Waals surface area contributed by atoms with Gasteiger partial charge in [-0.05, 0) is 36.9 Å². The van der Waals surface area contributed by atoms with E-state index in [0.717, 1.165) is 10.00 Å². The third-order valence-corrected chi connectivity index (χ3v) is 5.31. The van der Waals surface area contributed by atoms with Crippen molar-refractivity contribution in [1.82, 2.24) is 9.29 Å². The molecule has 0 radical (unpaired) electrons. The zero-order valence-electron chi connectivity index (χ0n) is 11.3. The highest BCUT2D eigenvalue weighted by atomic mass is 32.2. The first-order valence-electron chi connectivity index (χ1n) is 5.73. The van der Waals surface area contributed by atoms with Crippen LogP contribution in [0.4, 0.5) is 5.69 Å². The zero-order chi connectivity index (χ0) is 14.9. The lowest BCUT2D eigenvalue weighted by Crippen LogP contribution is -2.22. The molecule has 2 rings (SSSR count). The highest BCUT2D eigenvalue weighted by Crippen LogP contribution is 2.33. The van der Waals surface area contributed by atoms with Crippen LogP contribution in [-0.4, -0.2) is 31.8 Å². The van der Waals surface area contributed by atoms with Gasteiger partial charge in [-0.15, -0.1) is 0 Å². The van der Waals surface area contributed by atoms with Gasteiger partial charge in [0.15, 0.2) is 0 Å². The van der Waals surface area contributed by atoms with E-state index in [4.69, 9.17) is 10.2 Å². The Labute approximate surface area is 122 Å². The quantitative estimate of drug-likeness (QED) is 0.868. The van der Waals surface area contributed by atoms with E-state index in [2.05, 4.69) is 4.98 Å². The van der Waals surface area contributed by atoms with Gasteiger partial charge in [0.2, 0.25) is 10.0 Å². The van der Waals surface area contributed by atoms with E-state index in [9.17, 15) is 8.42 Å². The van der Waals surface area contributed by atoms with Crippen molar-refractivity contribution >= 4 is 27.5 Å². The van der Waals surface area contributed by atoms with E-state index in [1.165, 1.54) is 44.3 Å². The number of nitrogens with zero attached hydrogens (tertiary/aromatic N) is 2. The summed E-state index contributed by atoms with van der Waals surface area (Å²) in [6.45, 7) is 1.81. The lowest BCUT2D eigenvalue weighted by molar-refractivity contribution is 0.454. The van der Waals surface area contributed by atoms with Crippen LogP contribution in [0.25, 0.3) is 0 Å². The molecule has 0 bridgehead atoms. The predicted octanol–water partition coefficient (Wildman–Crippen LogP) is 1.97. The number of nitrogens with two attached hydrogens (primary N) is 1. The molecular formula is C12H15N3O3S2. The number of oxazole rings is 1. The van der Waals surface area contributed by atoms with Crippen LogP contribution in [0, 0.1) is 6.92 Å². The molecule has 1 aromatic carbocycles. The van der Waals surface area contributed by atoms with Crippen LogP contribution in [0.1, 0.15) is 5.69 Å². The second kappa shape index (κ2) is 5.47. The SMILES string of the molecule is Cc1coc(Sc2cc(S(=O)(=O)N(C)C)ccc2N)n1. The molecule has 0 unspecified atom stereocenters. The first-order valence-corrected chi connectivity index (χ1v) is 7.98. The summed E-state index contributed by atoms with van der Waals surface area (Å²) >= 11 is 1.19. The fourth-order valence-corrected chi connectivity index (χ4v) is 3.30. The van der Waals surface area contributed by atoms with Crippen LogP contribution in [0.2, 0.25) is 0 Å². The van der Waals surface area contributed by atoms with E-state index in [-0.39, 0.29) is 4.90 Å². The average Bonchev–Trinajstić information content (AvgIpc) is 2.77.